The van der Waals surface area contributed by atoms with Crippen LogP contribution in [0.3, 0.4) is 0 Å². The standard InChI is InChI=1S/C16H24O6Si2/c1-17-23(18-2,19-3)15-9-7-14-12-16(10-8-13(14)11-15)24(20-4,21-5)22-6/h7-12H,1-6H3. The third-order valence-electron chi connectivity index (χ3n) is 4.16. The highest BCUT2D eigenvalue weighted by molar-refractivity contribution is 6.76. The molecule has 0 aromatic heterocycles. The van der Waals surface area contributed by atoms with Crippen molar-refractivity contribution in [2.24, 2.45) is 0 Å². The normalized spacial score (nSPS) is 12.8. The van der Waals surface area contributed by atoms with Crippen LogP contribution in [0.15, 0.2) is 36.4 Å². The molecule has 0 fully saturated rings. The zero-order valence-corrected chi connectivity index (χ0v) is 16.9. The molecule has 2 rings (SSSR count). The Morgan fingerprint density at radius 2 is 0.792 bits per heavy atom. The van der Waals surface area contributed by atoms with Crippen LogP contribution in [0.4, 0.5) is 0 Å². The summed E-state index contributed by atoms with van der Waals surface area (Å²) in [6.45, 7) is 0. The molecule has 0 aliphatic rings. The lowest BCUT2D eigenvalue weighted by Gasteiger charge is -2.26. The van der Waals surface area contributed by atoms with E-state index in [2.05, 4.69) is 0 Å². The van der Waals surface area contributed by atoms with Gasteiger partial charge in [0.15, 0.2) is 0 Å². The molecule has 6 nitrogen and oxygen atoms in total. The summed E-state index contributed by atoms with van der Waals surface area (Å²) >= 11 is 0. The lowest BCUT2D eigenvalue weighted by Crippen LogP contribution is -2.55. The van der Waals surface area contributed by atoms with Gasteiger partial charge in [0, 0.05) is 53.0 Å². The summed E-state index contributed by atoms with van der Waals surface area (Å²) < 4.78 is 33.3. The highest BCUT2D eigenvalue weighted by Crippen LogP contribution is 2.17. The average molecular weight is 369 g/mol. The number of hydrogen-bond donors (Lipinski definition) is 0. The molecule has 0 saturated heterocycles. The van der Waals surface area contributed by atoms with E-state index < -0.39 is 17.6 Å². The van der Waals surface area contributed by atoms with Crippen molar-refractivity contribution in [1.29, 1.82) is 0 Å². The van der Waals surface area contributed by atoms with Crippen molar-refractivity contribution < 1.29 is 26.6 Å². The van der Waals surface area contributed by atoms with Crippen LogP contribution in [0.1, 0.15) is 0 Å². The van der Waals surface area contributed by atoms with Crippen LogP contribution < -0.4 is 10.4 Å². The first-order valence-electron chi connectivity index (χ1n) is 7.40. The van der Waals surface area contributed by atoms with Gasteiger partial charge in [-0.2, -0.15) is 0 Å². The van der Waals surface area contributed by atoms with E-state index >= 15 is 0 Å². The summed E-state index contributed by atoms with van der Waals surface area (Å²) in [5.74, 6) is 0. The van der Waals surface area contributed by atoms with Crippen molar-refractivity contribution in [3.8, 4) is 0 Å². The van der Waals surface area contributed by atoms with Gasteiger partial charge in [0.05, 0.1) is 0 Å². The van der Waals surface area contributed by atoms with Crippen LogP contribution in [0, 0.1) is 0 Å². The second-order valence-electron chi connectivity index (χ2n) is 5.11. The number of rotatable bonds is 8. The molecule has 0 bridgehead atoms. The molecular weight excluding hydrogens is 344 g/mol. The Hall–Kier alpha value is -1.11. The van der Waals surface area contributed by atoms with Crippen molar-refractivity contribution in [3.05, 3.63) is 36.4 Å². The van der Waals surface area contributed by atoms with Crippen molar-refractivity contribution in [3.63, 3.8) is 0 Å². The quantitative estimate of drug-likeness (QED) is 0.648. The van der Waals surface area contributed by atoms with Gasteiger partial charge in [-0.05, 0) is 22.9 Å². The highest BCUT2D eigenvalue weighted by Gasteiger charge is 2.42. The van der Waals surface area contributed by atoms with Crippen molar-refractivity contribution >= 4 is 38.8 Å². The maximum atomic E-state index is 5.54. The van der Waals surface area contributed by atoms with E-state index in [9.17, 15) is 0 Å². The van der Waals surface area contributed by atoms with Crippen LogP contribution in [-0.4, -0.2) is 60.3 Å². The van der Waals surface area contributed by atoms with Crippen molar-refractivity contribution in [2.75, 3.05) is 42.7 Å². The minimum Gasteiger partial charge on any atom is -0.373 e. The van der Waals surface area contributed by atoms with E-state index in [0.29, 0.717) is 0 Å². The molecule has 0 N–H and O–H groups in total. The Balaban J connectivity index is 2.53. The topological polar surface area (TPSA) is 55.4 Å². The summed E-state index contributed by atoms with van der Waals surface area (Å²) in [5.41, 5.74) is 0. The summed E-state index contributed by atoms with van der Waals surface area (Å²) in [6.07, 6.45) is 0. The van der Waals surface area contributed by atoms with Crippen LogP contribution in [0.2, 0.25) is 0 Å². The average Bonchev–Trinajstić information content (AvgIpc) is 2.65. The Bertz CT molecular complexity index is 610. The molecular formula is C16H24O6Si2. The first-order chi connectivity index (χ1) is 11.5. The predicted molar refractivity (Wildman–Crippen MR) is 96.8 cm³/mol. The molecule has 24 heavy (non-hydrogen) atoms. The SMILES string of the molecule is CO[Si](OC)(OC)c1ccc2cc([Si](OC)(OC)OC)ccc2c1. The molecule has 0 radical (unpaired) electrons. The van der Waals surface area contributed by atoms with E-state index in [1.165, 1.54) is 0 Å². The van der Waals surface area contributed by atoms with Gasteiger partial charge in [0.2, 0.25) is 0 Å². The molecule has 0 aliphatic heterocycles. The van der Waals surface area contributed by atoms with Gasteiger partial charge in [0.25, 0.3) is 0 Å². The third-order valence-corrected chi connectivity index (χ3v) is 9.42. The summed E-state index contributed by atoms with van der Waals surface area (Å²) in [5, 5.41) is 3.91. The van der Waals surface area contributed by atoms with E-state index in [0.717, 1.165) is 21.1 Å². The maximum Gasteiger partial charge on any atom is 0.536 e. The second-order valence-corrected chi connectivity index (χ2v) is 10.9. The molecule has 0 amide bonds. The zero-order valence-electron chi connectivity index (χ0n) is 14.9. The summed E-state index contributed by atoms with van der Waals surface area (Å²) in [7, 11) is 3.90. The smallest absolute Gasteiger partial charge is 0.373 e. The van der Waals surface area contributed by atoms with Crippen LogP contribution in [-0.2, 0) is 26.6 Å². The fourth-order valence-corrected chi connectivity index (χ4v) is 6.49. The van der Waals surface area contributed by atoms with Crippen LogP contribution in [0.25, 0.3) is 10.8 Å². The van der Waals surface area contributed by atoms with E-state index in [1.807, 2.05) is 36.4 Å². The van der Waals surface area contributed by atoms with Crippen molar-refractivity contribution in [1.82, 2.24) is 0 Å². The third kappa shape index (κ3) is 3.19. The van der Waals surface area contributed by atoms with Gasteiger partial charge < -0.3 is 26.6 Å². The van der Waals surface area contributed by atoms with Gasteiger partial charge in [-0.3, -0.25) is 0 Å². The molecule has 0 aliphatic carbocycles. The lowest BCUT2D eigenvalue weighted by molar-refractivity contribution is 0.140. The minimum atomic E-state index is -2.85. The molecule has 0 heterocycles. The van der Waals surface area contributed by atoms with Crippen LogP contribution in [0.5, 0.6) is 0 Å². The molecule has 8 heteroatoms. The van der Waals surface area contributed by atoms with Crippen LogP contribution >= 0.6 is 0 Å². The van der Waals surface area contributed by atoms with Gasteiger partial charge in [0.1, 0.15) is 0 Å². The molecule has 0 saturated carbocycles. The molecule has 0 spiro atoms. The van der Waals surface area contributed by atoms with E-state index in [4.69, 9.17) is 26.6 Å². The van der Waals surface area contributed by atoms with Crippen molar-refractivity contribution in [2.45, 2.75) is 0 Å². The summed E-state index contributed by atoms with van der Waals surface area (Å²) in [4.78, 5) is 0. The number of hydrogen-bond acceptors (Lipinski definition) is 6. The van der Waals surface area contributed by atoms with E-state index in [1.54, 1.807) is 42.7 Å². The number of benzene rings is 2. The van der Waals surface area contributed by atoms with Gasteiger partial charge >= 0.3 is 17.6 Å². The molecule has 0 atom stereocenters. The first-order valence-corrected chi connectivity index (χ1v) is 10.8. The Kier molecular flexibility index (Phi) is 6.29. The minimum absolute atomic E-state index is 0.906. The molecule has 2 aromatic rings. The lowest BCUT2D eigenvalue weighted by atomic mass is 10.1. The first kappa shape index (κ1) is 19.2. The Morgan fingerprint density at radius 1 is 0.500 bits per heavy atom. The monoisotopic (exact) mass is 368 g/mol. The second kappa shape index (κ2) is 7.85. The van der Waals surface area contributed by atoms with Gasteiger partial charge in [-0.15, -0.1) is 0 Å². The Morgan fingerprint density at radius 3 is 1.04 bits per heavy atom. The predicted octanol–water partition coefficient (Wildman–Crippen LogP) is 1.01. The zero-order chi connectivity index (χ0) is 17.8. The Labute approximate surface area is 144 Å². The molecule has 132 valence electrons. The number of fused-ring (bicyclic) bond motifs is 1. The highest BCUT2D eigenvalue weighted by atomic mass is 28.4. The fourth-order valence-electron chi connectivity index (χ4n) is 2.83. The fraction of sp³-hybridized carbons (Fsp3) is 0.375. The maximum absolute atomic E-state index is 5.54. The molecule has 0 unspecified atom stereocenters. The summed E-state index contributed by atoms with van der Waals surface area (Å²) in [6, 6.07) is 12.0. The van der Waals surface area contributed by atoms with E-state index in [-0.39, 0.29) is 0 Å². The largest absolute Gasteiger partial charge is 0.536 e. The van der Waals surface area contributed by atoms with Gasteiger partial charge in [-0.25, -0.2) is 0 Å². The molecule has 2 aromatic carbocycles. The van der Waals surface area contributed by atoms with Gasteiger partial charge in [-0.1, -0.05) is 24.3 Å².